The molecule has 1 aliphatic heterocycles. The summed E-state index contributed by atoms with van der Waals surface area (Å²) in [7, 11) is 2.04. The minimum Gasteiger partial charge on any atom is -0.444 e. The van der Waals surface area contributed by atoms with Crippen molar-refractivity contribution in [2.24, 2.45) is 0 Å². The molecule has 3 nitrogen and oxygen atoms in total. The molecule has 0 amide bonds. The Bertz CT molecular complexity index is 566. The van der Waals surface area contributed by atoms with Crippen LogP contribution < -0.4 is 5.32 Å². The van der Waals surface area contributed by atoms with E-state index in [0.29, 0.717) is 11.3 Å². The van der Waals surface area contributed by atoms with Gasteiger partial charge in [0, 0.05) is 30.1 Å². The zero-order valence-corrected chi connectivity index (χ0v) is 11.9. The molecule has 2 aromatic rings. The third-order valence-corrected chi connectivity index (χ3v) is 4.25. The van der Waals surface area contributed by atoms with Crippen LogP contribution in [-0.2, 0) is 6.54 Å². The van der Waals surface area contributed by atoms with E-state index in [1.54, 1.807) is 0 Å². The molecular weight excluding hydrogens is 260 g/mol. The Labute approximate surface area is 118 Å². The number of furan rings is 1. The molecule has 2 heterocycles. The predicted octanol–water partition coefficient (Wildman–Crippen LogP) is 3.27. The van der Waals surface area contributed by atoms with Gasteiger partial charge in [0.15, 0.2) is 5.22 Å². The van der Waals surface area contributed by atoms with E-state index in [4.69, 9.17) is 16.0 Å². The fourth-order valence-electron chi connectivity index (χ4n) is 2.87. The molecule has 0 spiro atoms. The molecule has 1 aromatic heterocycles. The number of piperidine rings is 1. The smallest absolute Gasteiger partial charge is 0.199 e. The quantitative estimate of drug-likeness (QED) is 0.934. The first kappa shape index (κ1) is 13.0. The highest BCUT2D eigenvalue weighted by atomic mass is 35.5. The fourth-order valence-corrected chi connectivity index (χ4v) is 3.12. The normalized spacial score (nSPS) is 21.1. The predicted molar refractivity (Wildman–Crippen MR) is 78.6 cm³/mol. The van der Waals surface area contributed by atoms with Gasteiger partial charge in [-0.3, -0.25) is 4.90 Å². The highest BCUT2D eigenvalue weighted by Crippen LogP contribution is 2.31. The molecule has 0 radical (unpaired) electrons. The molecule has 0 aliphatic carbocycles. The van der Waals surface area contributed by atoms with Gasteiger partial charge in [0.25, 0.3) is 0 Å². The van der Waals surface area contributed by atoms with Crippen molar-refractivity contribution in [2.45, 2.75) is 25.4 Å². The van der Waals surface area contributed by atoms with Gasteiger partial charge in [-0.25, -0.2) is 0 Å². The molecular formula is C15H19ClN2O. The summed E-state index contributed by atoms with van der Waals surface area (Å²) in [6, 6.07) is 8.65. The van der Waals surface area contributed by atoms with Crippen LogP contribution >= 0.6 is 11.6 Å². The van der Waals surface area contributed by atoms with Gasteiger partial charge in [-0.05, 0) is 44.1 Å². The summed E-state index contributed by atoms with van der Waals surface area (Å²) in [6.07, 6.45) is 2.49. The fraction of sp³-hybridized carbons (Fsp3) is 0.467. The first-order chi connectivity index (χ1) is 9.28. The minimum absolute atomic E-state index is 0.535. The Morgan fingerprint density at radius 3 is 3.11 bits per heavy atom. The van der Waals surface area contributed by atoms with Crippen molar-refractivity contribution >= 4 is 22.6 Å². The van der Waals surface area contributed by atoms with Crippen LogP contribution in [0.4, 0.5) is 0 Å². The summed E-state index contributed by atoms with van der Waals surface area (Å²) in [5, 5.41) is 5.04. The molecule has 4 heteroatoms. The number of hydrogen-bond acceptors (Lipinski definition) is 3. The molecule has 3 rings (SSSR count). The number of para-hydroxylation sites is 1. The van der Waals surface area contributed by atoms with E-state index < -0.39 is 0 Å². The van der Waals surface area contributed by atoms with Crippen molar-refractivity contribution in [1.29, 1.82) is 0 Å². The van der Waals surface area contributed by atoms with Crippen molar-refractivity contribution in [3.63, 3.8) is 0 Å². The molecule has 1 fully saturated rings. The maximum atomic E-state index is 6.25. The van der Waals surface area contributed by atoms with Crippen LogP contribution in [0.15, 0.2) is 28.7 Å². The average Bonchev–Trinajstić information content (AvgIpc) is 2.76. The summed E-state index contributed by atoms with van der Waals surface area (Å²) in [4.78, 5) is 2.45. The monoisotopic (exact) mass is 278 g/mol. The number of likely N-dealkylation sites (N-methyl/N-ethyl adjacent to an activating group) is 1. The second-order valence-corrected chi connectivity index (χ2v) is 5.56. The lowest BCUT2D eigenvalue weighted by atomic mass is 10.0. The first-order valence-corrected chi connectivity index (χ1v) is 7.21. The highest BCUT2D eigenvalue weighted by Gasteiger charge is 2.21. The van der Waals surface area contributed by atoms with Gasteiger partial charge in [-0.2, -0.15) is 0 Å². The van der Waals surface area contributed by atoms with Crippen molar-refractivity contribution in [3.05, 3.63) is 35.0 Å². The third kappa shape index (κ3) is 2.64. The van der Waals surface area contributed by atoms with Crippen molar-refractivity contribution in [2.75, 3.05) is 20.1 Å². The summed E-state index contributed by atoms with van der Waals surface area (Å²) in [5.74, 6) is 0. The van der Waals surface area contributed by atoms with Gasteiger partial charge in [0.1, 0.15) is 5.58 Å². The van der Waals surface area contributed by atoms with Crippen molar-refractivity contribution in [1.82, 2.24) is 10.2 Å². The molecule has 0 saturated carbocycles. The van der Waals surface area contributed by atoms with Crippen molar-refractivity contribution in [3.8, 4) is 0 Å². The number of nitrogens with zero attached hydrogens (tertiary/aromatic N) is 1. The number of fused-ring (bicyclic) bond motifs is 1. The number of halogens is 1. The Balaban J connectivity index is 1.83. The maximum Gasteiger partial charge on any atom is 0.199 e. The van der Waals surface area contributed by atoms with Gasteiger partial charge < -0.3 is 9.73 Å². The van der Waals surface area contributed by atoms with Crippen LogP contribution in [-0.4, -0.2) is 31.1 Å². The number of benzene rings is 1. The van der Waals surface area contributed by atoms with Crippen LogP contribution in [0.25, 0.3) is 11.0 Å². The Hall–Kier alpha value is -1.03. The lowest BCUT2D eigenvalue weighted by molar-refractivity contribution is 0.188. The molecule has 0 bridgehead atoms. The summed E-state index contributed by atoms with van der Waals surface area (Å²) in [6.45, 7) is 3.08. The lowest BCUT2D eigenvalue weighted by Crippen LogP contribution is -2.43. The third-order valence-electron chi connectivity index (χ3n) is 3.94. The van der Waals surface area contributed by atoms with Crippen LogP contribution in [0, 0.1) is 0 Å². The number of nitrogens with one attached hydrogen (secondary N) is 1. The van der Waals surface area contributed by atoms with Crippen molar-refractivity contribution < 1.29 is 4.42 Å². The van der Waals surface area contributed by atoms with E-state index >= 15 is 0 Å². The van der Waals surface area contributed by atoms with E-state index in [1.807, 2.05) is 25.2 Å². The Morgan fingerprint density at radius 1 is 1.42 bits per heavy atom. The van der Waals surface area contributed by atoms with E-state index in [-0.39, 0.29) is 0 Å². The van der Waals surface area contributed by atoms with Gasteiger partial charge in [0.2, 0.25) is 0 Å². The van der Waals surface area contributed by atoms with Crippen LogP contribution in [0.1, 0.15) is 18.4 Å². The van der Waals surface area contributed by atoms with E-state index in [1.165, 1.54) is 12.8 Å². The van der Waals surface area contributed by atoms with E-state index in [0.717, 1.165) is 36.2 Å². The molecule has 1 atom stereocenters. The standard InChI is InChI=1S/C15H19ClN2O/c1-17-11-5-4-8-18(9-11)10-13-12-6-2-3-7-14(12)19-15(13)16/h2-3,6-7,11,17H,4-5,8-10H2,1H3. The summed E-state index contributed by atoms with van der Waals surface area (Å²) >= 11 is 6.25. The second kappa shape index (κ2) is 5.53. The molecule has 1 N–H and O–H groups in total. The Kier molecular flexibility index (Phi) is 3.78. The largest absolute Gasteiger partial charge is 0.444 e. The zero-order chi connectivity index (χ0) is 13.2. The highest BCUT2D eigenvalue weighted by molar-refractivity contribution is 6.30. The zero-order valence-electron chi connectivity index (χ0n) is 11.2. The number of likely N-dealkylation sites (tertiary alicyclic amines) is 1. The van der Waals surface area contributed by atoms with Gasteiger partial charge in [-0.1, -0.05) is 18.2 Å². The van der Waals surface area contributed by atoms with Gasteiger partial charge in [0.05, 0.1) is 0 Å². The SMILES string of the molecule is CNC1CCCN(Cc2c(Cl)oc3ccccc23)C1. The van der Waals surface area contributed by atoms with Gasteiger partial charge in [-0.15, -0.1) is 0 Å². The van der Waals surface area contributed by atoms with Crippen LogP contribution in [0.2, 0.25) is 5.22 Å². The van der Waals surface area contributed by atoms with Crippen LogP contribution in [0.5, 0.6) is 0 Å². The topological polar surface area (TPSA) is 28.4 Å². The Morgan fingerprint density at radius 2 is 2.26 bits per heavy atom. The molecule has 19 heavy (non-hydrogen) atoms. The molecule has 102 valence electrons. The van der Waals surface area contributed by atoms with Gasteiger partial charge >= 0.3 is 0 Å². The minimum atomic E-state index is 0.535. The van der Waals surface area contributed by atoms with E-state index in [9.17, 15) is 0 Å². The molecule has 1 aromatic carbocycles. The summed E-state index contributed by atoms with van der Waals surface area (Å²) < 4.78 is 5.62. The average molecular weight is 279 g/mol. The van der Waals surface area contributed by atoms with E-state index in [2.05, 4.69) is 16.3 Å². The second-order valence-electron chi connectivity index (χ2n) is 5.21. The number of rotatable bonds is 3. The van der Waals surface area contributed by atoms with Crippen LogP contribution in [0.3, 0.4) is 0 Å². The molecule has 1 aliphatic rings. The first-order valence-electron chi connectivity index (χ1n) is 6.83. The molecule has 1 saturated heterocycles. The number of hydrogen-bond donors (Lipinski definition) is 1. The lowest BCUT2D eigenvalue weighted by Gasteiger charge is -2.32. The maximum absolute atomic E-state index is 6.25. The molecule has 1 unspecified atom stereocenters. The summed E-state index contributed by atoms with van der Waals surface area (Å²) in [5.41, 5.74) is 2.00.